The summed E-state index contributed by atoms with van der Waals surface area (Å²) in [5.74, 6) is 1.87. The lowest BCUT2D eigenvalue weighted by atomic mass is 9.95. The normalized spacial score (nSPS) is 15.9. The number of benzene rings is 1. The second-order valence-electron chi connectivity index (χ2n) is 6.32. The highest BCUT2D eigenvalue weighted by molar-refractivity contribution is 5.92. The van der Waals surface area contributed by atoms with E-state index in [0.717, 1.165) is 33.8 Å². The predicted molar refractivity (Wildman–Crippen MR) is 92.4 cm³/mol. The molecule has 2 N–H and O–H groups in total. The molecule has 1 saturated carbocycles. The van der Waals surface area contributed by atoms with E-state index >= 15 is 0 Å². The van der Waals surface area contributed by atoms with Crippen molar-refractivity contribution in [2.45, 2.75) is 45.1 Å². The van der Waals surface area contributed by atoms with Crippen LogP contribution in [0.15, 0.2) is 30.7 Å². The average molecular weight is 307 g/mol. The van der Waals surface area contributed by atoms with Gasteiger partial charge in [0, 0.05) is 17.0 Å². The Hall–Kier alpha value is -2.43. The Morgan fingerprint density at radius 2 is 1.96 bits per heavy atom. The molecule has 0 atom stereocenters. The first-order chi connectivity index (χ1) is 11.3. The summed E-state index contributed by atoms with van der Waals surface area (Å²) in [4.78, 5) is 16.5. The highest BCUT2D eigenvalue weighted by Crippen LogP contribution is 2.28. The lowest BCUT2D eigenvalue weighted by molar-refractivity contribution is 0.462. The molecule has 2 aromatic heterocycles. The van der Waals surface area contributed by atoms with Crippen LogP contribution in [0.3, 0.4) is 0 Å². The lowest BCUT2D eigenvalue weighted by Crippen LogP contribution is -2.23. The van der Waals surface area contributed by atoms with Crippen LogP contribution in [0.5, 0.6) is 0 Å². The number of hydrogen-bond donors (Lipinski definition) is 2. The van der Waals surface area contributed by atoms with Crippen molar-refractivity contribution in [3.63, 3.8) is 0 Å². The second kappa shape index (κ2) is 5.99. The van der Waals surface area contributed by atoms with Gasteiger partial charge in [0.2, 0.25) is 0 Å². The molecule has 1 fully saturated rings. The average Bonchev–Trinajstić information content (AvgIpc) is 3.02. The van der Waals surface area contributed by atoms with E-state index in [4.69, 9.17) is 0 Å². The Labute approximate surface area is 135 Å². The van der Waals surface area contributed by atoms with E-state index in [9.17, 15) is 0 Å². The Bertz CT molecular complexity index is 817. The third-order valence-electron chi connectivity index (χ3n) is 4.60. The molecule has 0 bridgehead atoms. The van der Waals surface area contributed by atoms with Gasteiger partial charge in [0.05, 0.1) is 17.4 Å². The molecule has 0 amide bonds. The highest BCUT2D eigenvalue weighted by Gasteiger charge is 2.15. The first kappa shape index (κ1) is 14.2. The number of H-pyrrole nitrogens is 1. The molecule has 23 heavy (non-hydrogen) atoms. The number of nitrogens with one attached hydrogen (secondary N) is 2. The molecule has 0 saturated heterocycles. The van der Waals surface area contributed by atoms with E-state index in [1.54, 1.807) is 6.33 Å². The standard InChI is InChI=1S/C18H21N5/c1-12-19-10-17(22-12)13-7-8-16-15(9-13)18(21-11-20-16)23-14-5-3-2-4-6-14/h7-11,14H,2-6H2,1H3,(H,19,22)(H,20,21,23). The Kier molecular flexibility index (Phi) is 3.69. The maximum Gasteiger partial charge on any atom is 0.137 e. The summed E-state index contributed by atoms with van der Waals surface area (Å²) < 4.78 is 0. The number of rotatable bonds is 3. The molecule has 4 rings (SSSR count). The molecule has 0 spiro atoms. The number of fused-ring (bicyclic) bond motifs is 1. The van der Waals surface area contributed by atoms with Gasteiger partial charge in [0.1, 0.15) is 18.0 Å². The van der Waals surface area contributed by atoms with Crippen LogP contribution in [0.1, 0.15) is 37.9 Å². The molecule has 5 nitrogen and oxygen atoms in total. The third-order valence-corrected chi connectivity index (χ3v) is 4.60. The van der Waals surface area contributed by atoms with Gasteiger partial charge in [-0.05, 0) is 31.9 Å². The summed E-state index contributed by atoms with van der Waals surface area (Å²) in [7, 11) is 0. The fourth-order valence-corrected chi connectivity index (χ4v) is 3.35. The van der Waals surface area contributed by atoms with Gasteiger partial charge in [-0.3, -0.25) is 0 Å². The molecule has 0 aliphatic heterocycles. The monoisotopic (exact) mass is 307 g/mol. The maximum atomic E-state index is 4.49. The smallest absolute Gasteiger partial charge is 0.137 e. The van der Waals surface area contributed by atoms with Crippen LogP contribution in [0.4, 0.5) is 5.82 Å². The quantitative estimate of drug-likeness (QED) is 0.765. The van der Waals surface area contributed by atoms with Crippen molar-refractivity contribution in [3.05, 3.63) is 36.5 Å². The second-order valence-corrected chi connectivity index (χ2v) is 6.32. The molecular weight excluding hydrogens is 286 g/mol. The van der Waals surface area contributed by atoms with E-state index in [1.807, 2.05) is 13.1 Å². The minimum atomic E-state index is 0.528. The van der Waals surface area contributed by atoms with Crippen molar-refractivity contribution >= 4 is 16.7 Å². The number of aryl methyl sites for hydroxylation is 1. The van der Waals surface area contributed by atoms with Crippen LogP contribution in [0.2, 0.25) is 0 Å². The van der Waals surface area contributed by atoms with Gasteiger partial charge < -0.3 is 10.3 Å². The van der Waals surface area contributed by atoms with Gasteiger partial charge in [-0.1, -0.05) is 25.3 Å². The number of nitrogens with zero attached hydrogens (tertiary/aromatic N) is 3. The molecular formula is C18H21N5. The van der Waals surface area contributed by atoms with Crippen LogP contribution in [-0.4, -0.2) is 26.0 Å². The zero-order valence-corrected chi connectivity index (χ0v) is 13.3. The number of imidazole rings is 1. The highest BCUT2D eigenvalue weighted by atomic mass is 15.0. The Morgan fingerprint density at radius 1 is 1.09 bits per heavy atom. The SMILES string of the molecule is Cc1ncc(-c2ccc3ncnc(NC4CCCCC4)c3c2)[nH]1. The van der Waals surface area contributed by atoms with Crippen LogP contribution in [0.25, 0.3) is 22.2 Å². The third kappa shape index (κ3) is 2.91. The van der Waals surface area contributed by atoms with Crippen molar-refractivity contribution in [2.24, 2.45) is 0 Å². The van der Waals surface area contributed by atoms with Gasteiger partial charge in [0.15, 0.2) is 0 Å². The first-order valence-corrected chi connectivity index (χ1v) is 8.33. The number of aromatic nitrogens is 4. The molecule has 1 aliphatic rings. The van der Waals surface area contributed by atoms with Crippen LogP contribution in [0, 0.1) is 6.92 Å². The van der Waals surface area contributed by atoms with Crippen molar-refractivity contribution in [1.82, 2.24) is 19.9 Å². The van der Waals surface area contributed by atoms with Gasteiger partial charge >= 0.3 is 0 Å². The first-order valence-electron chi connectivity index (χ1n) is 8.33. The summed E-state index contributed by atoms with van der Waals surface area (Å²) in [5.41, 5.74) is 3.11. The van der Waals surface area contributed by atoms with Crippen LogP contribution < -0.4 is 5.32 Å². The summed E-state index contributed by atoms with van der Waals surface area (Å²) >= 11 is 0. The number of anilines is 1. The minimum Gasteiger partial charge on any atom is -0.367 e. The predicted octanol–water partition coefficient (Wildman–Crippen LogP) is 4.07. The maximum absolute atomic E-state index is 4.49. The number of hydrogen-bond acceptors (Lipinski definition) is 4. The van der Waals surface area contributed by atoms with Crippen molar-refractivity contribution < 1.29 is 0 Å². The molecule has 5 heteroatoms. The molecule has 118 valence electrons. The van der Waals surface area contributed by atoms with E-state index in [2.05, 4.69) is 43.5 Å². The van der Waals surface area contributed by atoms with Crippen molar-refractivity contribution in [1.29, 1.82) is 0 Å². The summed E-state index contributed by atoms with van der Waals surface area (Å²) in [6.07, 6.45) is 9.93. The lowest BCUT2D eigenvalue weighted by Gasteiger charge is -2.23. The van der Waals surface area contributed by atoms with Crippen LogP contribution in [-0.2, 0) is 0 Å². The summed E-state index contributed by atoms with van der Waals surface area (Å²) in [6.45, 7) is 1.96. The summed E-state index contributed by atoms with van der Waals surface area (Å²) in [6, 6.07) is 6.80. The molecule has 0 unspecified atom stereocenters. The Balaban J connectivity index is 1.72. The summed E-state index contributed by atoms with van der Waals surface area (Å²) in [5, 5.41) is 4.70. The van der Waals surface area contributed by atoms with Crippen LogP contribution >= 0.6 is 0 Å². The molecule has 1 aromatic carbocycles. The largest absolute Gasteiger partial charge is 0.367 e. The van der Waals surface area contributed by atoms with Gasteiger partial charge in [-0.25, -0.2) is 15.0 Å². The fourth-order valence-electron chi connectivity index (χ4n) is 3.35. The molecule has 3 aromatic rings. The fraction of sp³-hybridized carbons (Fsp3) is 0.389. The minimum absolute atomic E-state index is 0.528. The van der Waals surface area contributed by atoms with Gasteiger partial charge in [0.25, 0.3) is 0 Å². The molecule has 1 aliphatic carbocycles. The van der Waals surface area contributed by atoms with Crippen molar-refractivity contribution in [2.75, 3.05) is 5.32 Å². The molecule has 0 radical (unpaired) electrons. The van der Waals surface area contributed by atoms with E-state index in [0.29, 0.717) is 6.04 Å². The topological polar surface area (TPSA) is 66.5 Å². The number of aromatic amines is 1. The van der Waals surface area contributed by atoms with Gasteiger partial charge in [-0.2, -0.15) is 0 Å². The zero-order valence-electron chi connectivity index (χ0n) is 13.3. The van der Waals surface area contributed by atoms with Gasteiger partial charge in [-0.15, -0.1) is 0 Å². The zero-order chi connectivity index (χ0) is 15.6. The van der Waals surface area contributed by atoms with E-state index < -0.39 is 0 Å². The Morgan fingerprint density at radius 3 is 2.74 bits per heavy atom. The van der Waals surface area contributed by atoms with E-state index in [1.165, 1.54) is 32.1 Å². The van der Waals surface area contributed by atoms with E-state index in [-0.39, 0.29) is 0 Å². The molecule has 2 heterocycles. The van der Waals surface area contributed by atoms with Crippen molar-refractivity contribution in [3.8, 4) is 11.3 Å².